The van der Waals surface area contributed by atoms with Crippen molar-refractivity contribution in [2.24, 2.45) is 0 Å². The van der Waals surface area contributed by atoms with Crippen LogP contribution in [0.1, 0.15) is 5.56 Å². The highest BCUT2D eigenvalue weighted by Crippen LogP contribution is 2.27. The van der Waals surface area contributed by atoms with E-state index < -0.39 is 0 Å². The molecule has 0 aliphatic carbocycles. The second-order valence-electron chi connectivity index (χ2n) is 4.38. The predicted molar refractivity (Wildman–Crippen MR) is 69.8 cm³/mol. The molecular formula is C14H16N2O2. The Morgan fingerprint density at radius 3 is 3.11 bits per heavy atom. The molecule has 94 valence electrons. The molecule has 3 rings (SSSR count). The summed E-state index contributed by atoms with van der Waals surface area (Å²) in [5, 5.41) is 6.74. The van der Waals surface area contributed by atoms with Gasteiger partial charge in [-0.1, -0.05) is 12.1 Å². The number of hydrogen-bond donors (Lipinski definition) is 2. The smallest absolute Gasteiger partial charge is 0.142 e. The fourth-order valence-electron chi connectivity index (χ4n) is 2.05. The summed E-state index contributed by atoms with van der Waals surface area (Å²) in [5.74, 6) is 0.930. The van der Waals surface area contributed by atoms with Crippen molar-refractivity contribution in [2.75, 3.05) is 18.4 Å². The Morgan fingerprint density at radius 2 is 2.22 bits per heavy atom. The highest BCUT2D eigenvalue weighted by atomic mass is 16.5. The molecule has 1 aromatic carbocycles. The number of anilines is 1. The van der Waals surface area contributed by atoms with Crippen LogP contribution in [0.4, 0.5) is 5.69 Å². The van der Waals surface area contributed by atoms with Crippen molar-refractivity contribution in [3.05, 3.63) is 48.4 Å². The van der Waals surface area contributed by atoms with Crippen LogP contribution in [0.5, 0.6) is 5.75 Å². The molecule has 0 amide bonds. The third kappa shape index (κ3) is 2.49. The summed E-state index contributed by atoms with van der Waals surface area (Å²) in [6.45, 7) is 2.44. The van der Waals surface area contributed by atoms with E-state index in [1.54, 1.807) is 12.5 Å². The second kappa shape index (κ2) is 5.14. The van der Waals surface area contributed by atoms with Gasteiger partial charge in [-0.3, -0.25) is 0 Å². The van der Waals surface area contributed by atoms with Crippen LogP contribution >= 0.6 is 0 Å². The average Bonchev–Trinajstić information content (AvgIpc) is 2.92. The number of benzene rings is 1. The Bertz CT molecular complexity index is 496. The Balaban J connectivity index is 1.51. The van der Waals surface area contributed by atoms with Crippen molar-refractivity contribution in [1.29, 1.82) is 0 Å². The van der Waals surface area contributed by atoms with Crippen molar-refractivity contribution in [2.45, 2.75) is 12.6 Å². The third-order valence-corrected chi connectivity index (χ3v) is 2.98. The summed E-state index contributed by atoms with van der Waals surface area (Å²) in [5.41, 5.74) is 2.22. The number of fused-ring (bicyclic) bond motifs is 1. The minimum atomic E-state index is 0.159. The Morgan fingerprint density at radius 1 is 1.28 bits per heavy atom. The van der Waals surface area contributed by atoms with Crippen LogP contribution in [0.25, 0.3) is 0 Å². The van der Waals surface area contributed by atoms with Gasteiger partial charge in [-0.2, -0.15) is 0 Å². The largest absolute Gasteiger partial charge is 0.485 e. The zero-order valence-corrected chi connectivity index (χ0v) is 10.1. The third-order valence-electron chi connectivity index (χ3n) is 2.98. The van der Waals surface area contributed by atoms with E-state index in [0.717, 1.165) is 36.6 Å². The van der Waals surface area contributed by atoms with Crippen LogP contribution in [0.15, 0.2) is 47.3 Å². The van der Waals surface area contributed by atoms with Gasteiger partial charge >= 0.3 is 0 Å². The van der Waals surface area contributed by atoms with Crippen LogP contribution < -0.4 is 15.4 Å². The monoisotopic (exact) mass is 244 g/mol. The minimum absolute atomic E-state index is 0.159. The Kier molecular flexibility index (Phi) is 3.19. The topological polar surface area (TPSA) is 46.4 Å². The van der Waals surface area contributed by atoms with Gasteiger partial charge < -0.3 is 19.8 Å². The first-order valence-electron chi connectivity index (χ1n) is 6.13. The minimum Gasteiger partial charge on any atom is -0.485 e. The summed E-state index contributed by atoms with van der Waals surface area (Å²) >= 11 is 0. The van der Waals surface area contributed by atoms with E-state index in [4.69, 9.17) is 9.15 Å². The number of para-hydroxylation sites is 2. The molecule has 4 nitrogen and oxygen atoms in total. The predicted octanol–water partition coefficient (Wildman–Crippen LogP) is 2.24. The summed E-state index contributed by atoms with van der Waals surface area (Å²) < 4.78 is 10.9. The van der Waals surface area contributed by atoms with Crippen LogP contribution in [0, 0.1) is 0 Å². The number of nitrogens with one attached hydrogen (secondary N) is 2. The van der Waals surface area contributed by atoms with E-state index in [1.165, 1.54) is 0 Å². The lowest BCUT2D eigenvalue weighted by Crippen LogP contribution is -2.39. The first-order chi connectivity index (χ1) is 8.92. The molecule has 1 unspecified atom stereocenters. The van der Waals surface area contributed by atoms with Crippen LogP contribution in [0.2, 0.25) is 0 Å². The molecule has 4 heteroatoms. The maximum absolute atomic E-state index is 5.90. The molecule has 2 heterocycles. The average molecular weight is 244 g/mol. The van der Waals surface area contributed by atoms with Crippen molar-refractivity contribution in [1.82, 2.24) is 5.32 Å². The molecule has 0 spiro atoms. The Labute approximate surface area is 106 Å². The molecule has 1 aliphatic rings. The van der Waals surface area contributed by atoms with Gasteiger partial charge in [-0.15, -0.1) is 0 Å². The van der Waals surface area contributed by atoms with Gasteiger partial charge in [-0.05, 0) is 18.2 Å². The lowest BCUT2D eigenvalue weighted by atomic mass is 10.2. The number of rotatable bonds is 4. The van der Waals surface area contributed by atoms with Crippen molar-refractivity contribution < 1.29 is 9.15 Å². The molecule has 0 radical (unpaired) electrons. The van der Waals surface area contributed by atoms with E-state index >= 15 is 0 Å². The standard InChI is InChI=1S/C14H16N2O2/c1-2-4-14-13(3-1)16-9-12(18-14)8-15-7-11-5-6-17-10-11/h1-6,10,12,15-16H,7-9H2. The lowest BCUT2D eigenvalue weighted by Gasteiger charge is -2.27. The van der Waals surface area contributed by atoms with Crippen molar-refractivity contribution >= 4 is 5.69 Å². The van der Waals surface area contributed by atoms with Crippen molar-refractivity contribution in [3.63, 3.8) is 0 Å². The van der Waals surface area contributed by atoms with E-state index in [0.29, 0.717) is 0 Å². The molecule has 0 saturated carbocycles. The number of furan rings is 1. The van der Waals surface area contributed by atoms with E-state index in [1.807, 2.05) is 30.3 Å². The van der Waals surface area contributed by atoms with E-state index in [9.17, 15) is 0 Å². The van der Waals surface area contributed by atoms with Gasteiger partial charge in [0.2, 0.25) is 0 Å². The maximum Gasteiger partial charge on any atom is 0.142 e. The summed E-state index contributed by atoms with van der Waals surface area (Å²) in [6.07, 6.45) is 3.60. The van der Waals surface area contributed by atoms with E-state index in [2.05, 4.69) is 10.6 Å². The van der Waals surface area contributed by atoms with E-state index in [-0.39, 0.29) is 6.10 Å². The molecule has 1 atom stereocenters. The van der Waals surface area contributed by atoms with Crippen LogP contribution in [-0.2, 0) is 6.54 Å². The molecule has 2 aromatic rings. The van der Waals surface area contributed by atoms with Gasteiger partial charge in [0.1, 0.15) is 11.9 Å². The zero-order valence-electron chi connectivity index (χ0n) is 10.1. The quantitative estimate of drug-likeness (QED) is 0.866. The van der Waals surface area contributed by atoms with Gasteiger partial charge in [0.25, 0.3) is 0 Å². The molecular weight excluding hydrogens is 228 g/mol. The molecule has 0 bridgehead atoms. The number of ether oxygens (including phenoxy) is 1. The zero-order chi connectivity index (χ0) is 12.2. The van der Waals surface area contributed by atoms with Gasteiger partial charge in [-0.25, -0.2) is 0 Å². The molecule has 1 aliphatic heterocycles. The fourth-order valence-corrected chi connectivity index (χ4v) is 2.05. The first kappa shape index (κ1) is 11.2. The fraction of sp³-hybridized carbons (Fsp3) is 0.286. The summed E-state index contributed by atoms with van der Waals surface area (Å²) in [7, 11) is 0. The van der Waals surface area contributed by atoms with Crippen LogP contribution in [-0.4, -0.2) is 19.2 Å². The first-order valence-corrected chi connectivity index (χ1v) is 6.13. The SMILES string of the molecule is c1ccc2c(c1)NCC(CNCc1ccoc1)O2. The number of hydrogen-bond acceptors (Lipinski definition) is 4. The molecule has 18 heavy (non-hydrogen) atoms. The van der Waals surface area contributed by atoms with Crippen LogP contribution in [0.3, 0.4) is 0 Å². The summed E-state index contributed by atoms with van der Waals surface area (Å²) in [6, 6.07) is 9.98. The maximum atomic E-state index is 5.90. The molecule has 0 fully saturated rings. The lowest BCUT2D eigenvalue weighted by molar-refractivity contribution is 0.201. The van der Waals surface area contributed by atoms with Crippen molar-refractivity contribution in [3.8, 4) is 5.75 Å². The molecule has 1 aromatic heterocycles. The highest BCUT2D eigenvalue weighted by Gasteiger charge is 2.17. The second-order valence-corrected chi connectivity index (χ2v) is 4.38. The van der Waals surface area contributed by atoms with Gasteiger partial charge in [0, 0.05) is 18.7 Å². The summed E-state index contributed by atoms with van der Waals surface area (Å²) in [4.78, 5) is 0. The van der Waals surface area contributed by atoms with Gasteiger partial charge in [0.15, 0.2) is 0 Å². The molecule has 0 saturated heterocycles. The van der Waals surface area contributed by atoms with Gasteiger partial charge in [0.05, 0.1) is 24.8 Å². The molecule has 2 N–H and O–H groups in total. The normalized spacial score (nSPS) is 17.7. The highest BCUT2D eigenvalue weighted by molar-refractivity contribution is 5.57. The Hall–Kier alpha value is -1.94.